The summed E-state index contributed by atoms with van der Waals surface area (Å²) in [6.45, 7) is 0. The number of rotatable bonds is 3. The van der Waals surface area contributed by atoms with Gasteiger partial charge in [0, 0.05) is 14.1 Å². The molecule has 0 aliphatic carbocycles. The Labute approximate surface area is 165 Å². The maximum atomic E-state index is 13.4. The van der Waals surface area contributed by atoms with E-state index in [9.17, 15) is 31.1 Å². The van der Waals surface area contributed by atoms with Crippen molar-refractivity contribution >= 4 is 17.2 Å². The van der Waals surface area contributed by atoms with Crippen molar-refractivity contribution < 1.29 is 31.1 Å². The molecule has 0 N–H and O–H groups in total. The molecule has 4 nitrogen and oxygen atoms in total. The summed E-state index contributed by atoms with van der Waals surface area (Å²) in [4.78, 5) is 13.8. The summed E-state index contributed by atoms with van der Waals surface area (Å²) >= 11 is 0.868. The molecule has 1 aromatic carbocycles. The Morgan fingerprint density at radius 1 is 1.00 bits per heavy atom. The van der Waals surface area contributed by atoms with E-state index in [0.717, 1.165) is 29.5 Å². The molecule has 3 aromatic rings. The molecule has 3 rings (SSSR count). The van der Waals surface area contributed by atoms with Crippen molar-refractivity contribution in [2.75, 3.05) is 14.1 Å². The molecule has 0 fully saturated rings. The Bertz CT molecular complexity index is 1050. The van der Waals surface area contributed by atoms with Crippen LogP contribution in [0.15, 0.2) is 42.5 Å². The van der Waals surface area contributed by atoms with Crippen LogP contribution in [0.3, 0.4) is 0 Å². The van der Waals surface area contributed by atoms with Crippen molar-refractivity contribution in [3.8, 4) is 16.3 Å². The molecule has 11 heteroatoms. The van der Waals surface area contributed by atoms with Crippen LogP contribution >= 0.6 is 11.3 Å². The molecule has 0 spiro atoms. The number of carbonyl (C=O) groups excluding carboxylic acids is 1. The van der Waals surface area contributed by atoms with Crippen LogP contribution in [0.2, 0.25) is 0 Å². The second kappa shape index (κ2) is 7.21. The molecule has 0 aliphatic rings. The summed E-state index contributed by atoms with van der Waals surface area (Å²) in [5.74, 6) is -0.376. The van der Waals surface area contributed by atoms with E-state index in [4.69, 9.17) is 0 Å². The van der Waals surface area contributed by atoms with Crippen molar-refractivity contribution in [2.24, 2.45) is 0 Å². The number of benzene rings is 1. The number of aromatic nitrogens is 2. The van der Waals surface area contributed by atoms with Gasteiger partial charge in [-0.05, 0) is 30.3 Å². The van der Waals surface area contributed by atoms with Crippen molar-refractivity contribution in [2.45, 2.75) is 12.4 Å². The van der Waals surface area contributed by atoms with E-state index >= 15 is 0 Å². The van der Waals surface area contributed by atoms with Crippen molar-refractivity contribution in [1.29, 1.82) is 0 Å². The highest BCUT2D eigenvalue weighted by Crippen LogP contribution is 2.39. The number of hydrogen-bond donors (Lipinski definition) is 0. The lowest BCUT2D eigenvalue weighted by Gasteiger charge is -2.14. The Morgan fingerprint density at radius 2 is 1.66 bits per heavy atom. The quantitative estimate of drug-likeness (QED) is 0.523. The number of halogens is 6. The minimum absolute atomic E-state index is 0.176. The minimum Gasteiger partial charge on any atom is -0.344 e. The maximum Gasteiger partial charge on any atom is 0.435 e. The lowest BCUT2D eigenvalue weighted by molar-refractivity contribution is -0.141. The van der Waals surface area contributed by atoms with Gasteiger partial charge in [-0.1, -0.05) is 12.1 Å². The first kappa shape index (κ1) is 20.9. The van der Waals surface area contributed by atoms with Crippen LogP contribution in [0.25, 0.3) is 16.3 Å². The summed E-state index contributed by atoms with van der Waals surface area (Å²) in [6.07, 6.45) is -9.65. The van der Waals surface area contributed by atoms with Crippen LogP contribution in [0.4, 0.5) is 26.3 Å². The van der Waals surface area contributed by atoms with Crippen LogP contribution in [0, 0.1) is 0 Å². The number of para-hydroxylation sites is 1. The number of nitrogens with zero attached hydrogens (tertiary/aromatic N) is 3. The third-order valence-electron chi connectivity index (χ3n) is 3.91. The third-order valence-corrected chi connectivity index (χ3v) is 5.01. The highest BCUT2D eigenvalue weighted by Gasteiger charge is 2.38. The molecule has 1 amide bonds. The second-order valence-corrected chi connectivity index (χ2v) is 7.29. The summed E-state index contributed by atoms with van der Waals surface area (Å²) in [5.41, 5.74) is -3.20. The first-order valence-corrected chi connectivity index (χ1v) is 8.87. The molecule has 2 heterocycles. The fourth-order valence-electron chi connectivity index (χ4n) is 2.59. The van der Waals surface area contributed by atoms with Crippen LogP contribution in [-0.2, 0) is 12.4 Å². The Kier molecular flexibility index (Phi) is 5.20. The summed E-state index contributed by atoms with van der Waals surface area (Å²) < 4.78 is 80.5. The van der Waals surface area contributed by atoms with E-state index in [1.165, 1.54) is 37.2 Å². The summed E-state index contributed by atoms with van der Waals surface area (Å²) in [6, 6.07) is 7.68. The normalized spacial score (nSPS) is 12.3. The fourth-order valence-corrected chi connectivity index (χ4v) is 3.62. The third kappa shape index (κ3) is 4.14. The van der Waals surface area contributed by atoms with Gasteiger partial charge in [0.05, 0.1) is 26.7 Å². The SMILES string of the molecule is CN(C)C(=O)c1ccc(-c2cc(C(F)(F)F)nn2-c2ccccc2C(F)(F)F)s1. The van der Waals surface area contributed by atoms with Crippen LogP contribution in [0.5, 0.6) is 0 Å². The van der Waals surface area contributed by atoms with Gasteiger partial charge in [0.1, 0.15) is 0 Å². The van der Waals surface area contributed by atoms with E-state index in [1.807, 2.05) is 0 Å². The molecule has 0 atom stereocenters. The van der Waals surface area contributed by atoms with E-state index in [2.05, 4.69) is 5.10 Å². The van der Waals surface area contributed by atoms with E-state index in [0.29, 0.717) is 10.7 Å². The Morgan fingerprint density at radius 3 is 2.24 bits per heavy atom. The molecule has 0 aliphatic heterocycles. The molecule has 29 heavy (non-hydrogen) atoms. The molecule has 0 bridgehead atoms. The van der Waals surface area contributed by atoms with Gasteiger partial charge >= 0.3 is 12.4 Å². The van der Waals surface area contributed by atoms with Gasteiger partial charge in [-0.15, -0.1) is 11.3 Å². The van der Waals surface area contributed by atoms with E-state index in [1.54, 1.807) is 0 Å². The zero-order chi connectivity index (χ0) is 21.6. The molecule has 0 saturated heterocycles. The highest BCUT2D eigenvalue weighted by molar-refractivity contribution is 7.17. The second-order valence-electron chi connectivity index (χ2n) is 6.20. The molecule has 154 valence electrons. The molecule has 0 radical (unpaired) electrons. The van der Waals surface area contributed by atoms with Crippen molar-refractivity contribution in [3.63, 3.8) is 0 Å². The molecular weight excluding hydrogens is 420 g/mol. The van der Waals surface area contributed by atoms with Gasteiger partial charge < -0.3 is 4.90 Å². The standard InChI is InChI=1S/C18H13F6N3OS/c1-26(2)16(28)14-8-7-13(29-14)12-9-15(18(22,23)24)25-27(12)11-6-4-3-5-10(11)17(19,20)21/h3-9H,1-2H3. The maximum absolute atomic E-state index is 13.4. The van der Waals surface area contributed by atoms with Crippen LogP contribution < -0.4 is 0 Å². The molecule has 0 saturated carbocycles. The molecular formula is C18H13F6N3OS. The predicted molar refractivity (Wildman–Crippen MR) is 94.9 cm³/mol. The predicted octanol–water partition coefficient (Wildman–Crippen LogP) is 5.34. The number of alkyl halides is 6. The Balaban J connectivity index is 2.23. The van der Waals surface area contributed by atoms with Crippen molar-refractivity contribution in [3.05, 3.63) is 58.6 Å². The highest BCUT2D eigenvalue weighted by atomic mass is 32.1. The largest absolute Gasteiger partial charge is 0.435 e. The van der Waals surface area contributed by atoms with Crippen LogP contribution in [0.1, 0.15) is 20.9 Å². The summed E-state index contributed by atoms with van der Waals surface area (Å²) in [5, 5.41) is 3.39. The zero-order valence-electron chi connectivity index (χ0n) is 15.0. The number of thiophene rings is 1. The first-order valence-electron chi connectivity index (χ1n) is 8.05. The summed E-state index contributed by atoms with van der Waals surface area (Å²) in [7, 11) is 3.01. The minimum atomic E-state index is -4.85. The van der Waals surface area contributed by atoms with Gasteiger partial charge in [0.15, 0.2) is 5.69 Å². The molecule has 2 aromatic heterocycles. The lowest BCUT2D eigenvalue weighted by atomic mass is 10.1. The zero-order valence-corrected chi connectivity index (χ0v) is 15.8. The lowest BCUT2D eigenvalue weighted by Crippen LogP contribution is -2.20. The van der Waals surface area contributed by atoms with Gasteiger partial charge in [0.25, 0.3) is 5.91 Å². The smallest absolute Gasteiger partial charge is 0.344 e. The topological polar surface area (TPSA) is 38.1 Å². The number of hydrogen-bond acceptors (Lipinski definition) is 3. The van der Waals surface area contributed by atoms with E-state index < -0.39 is 29.3 Å². The Hall–Kier alpha value is -2.82. The van der Waals surface area contributed by atoms with Crippen LogP contribution in [-0.4, -0.2) is 34.7 Å². The van der Waals surface area contributed by atoms with Gasteiger partial charge in [-0.3, -0.25) is 4.79 Å². The number of carbonyl (C=O) groups is 1. The molecule has 0 unspecified atom stereocenters. The van der Waals surface area contributed by atoms with Gasteiger partial charge in [-0.2, -0.15) is 31.4 Å². The number of amides is 1. The fraction of sp³-hybridized carbons (Fsp3) is 0.222. The average molecular weight is 433 g/mol. The first-order chi connectivity index (χ1) is 13.4. The van der Waals surface area contributed by atoms with E-state index in [-0.39, 0.29) is 21.4 Å². The van der Waals surface area contributed by atoms with Crippen molar-refractivity contribution in [1.82, 2.24) is 14.7 Å². The van der Waals surface area contributed by atoms with Gasteiger partial charge in [0.2, 0.25) is 0 Å². The monoisotopic (exact) mass is 433 g/mol. The average Bonchev–Trinajstić information content (AvgIpc) is 3.26. The van der Waals surface area contributed by atoms with Gasteiger partial charge in [-0.25, -0.2) is 4.68 Å².